The first-order valence-electron chi connectivity index (χ1n) is 9.63. The van der Waals surface area contributed by atoms with Gasteiger partial charge in [0.25, 0.3) is 0 Å². The molecular weight excluding hydrogens is 463 g/mol. The molecule has 0 aliphatic rings. The van der Waals surface area contributed by atoms with E-state index in [9.17, 15) is 18.3 Å². The van der Waals surface area contributed by atoms with E-state index in [0.29, 0.717) is 16.0 Å². The van der Waals surface area contributed by atoms with Gasteiger partial charge in [0.05, 0.1) is 42.1 Å². The zero-order chi connectivity index (χ0) is 23.8. The van der Waals surface area contributed by atoms with Crippen LogP contribution in [0.5, 0.6) is 5.75 Å². The monoisotopic (exact) mass is 479 g/mol. The number of hydrogen-bond donors (Lipinski definition) is 1. The zero-order valence-electron chi connectivity index (χ0n) is 17.3. The van der Waals surface area contributed by atoms with Crippen LogP contribution in [0.2, 0.25) is 5.02 Å². The van der Waals surface area contributed by atoms with Crippen molar-refractivity contribution in [1.29, 1.82) is 0 Å². The number of rotatable bonds is 6. The van der Waals surface area contributed by atoms with Crippen molar-refractivity contribution in [1.82, 2.24) is 24.9 Å². The van der Waals surface area contributed by atoms with Gasteiger partial charge in [-0.25, -0.2) is 9.97 Å². The maximum Gasteiger partial charge on any atom is 0.433 e. The van der Waals surface area contributed by atoms with E-state index in [1.807, 2.05) is 0 Å². The van der Waals surface area contributed by atoms with Crippen molar-refractivity contribution < 1.29 is 27.5 Å². The van der Waals surface area contributed by atoms with Crippen LogP contribution in [-0.2, 0) is 12.7 Å². The second-order valence-corrected chi connectivity index (χ2v) is 7.44. The summed E-state index contributed by atoms with van der Waals surface area (Å²) in [6.07, 6.45) is -1.96. The van der Waals surface area contributed by atoms with Gasteiger partial charge in [-0.15, -0.1) is 0 Å². The summed E-state index contributed by atoms with van der Waals surface area (Å²) in [7, 11) is 1.44. The molecule has 0 saturated heterocycles. The van der Waals surface area contributed by atoms with E-state index < -0.39 is 18.0 Å². The first-order chi connectivity index (χ1) is 15.7. The molecule has 172 valence electrons. The molecule has 4 aromatic rings. The standard InChI is InChI=1S/C21H17ClF3N5O3/c1-11(31)10-30-19(21(23,24)25)13(9-28-30)18-15(20-26-7-4-8-27-20)17(29-33-18)12-5-3-6-14(32-2)16(12)22/h3-9,11,31H,10H2,1-2H3/t11-/m1/s1. The molecule has 0 aliphatic heterocycles. The summed E-state index contributed by atoms with van der Waals surface area (Å²) in [5, 5.41) is 17.7. The summed E-state index contributed by atoms with van der Waals surface area (Å²) in [6.45, 7) is 0.997. The number of nitrogens with zero attached hydrogens (tertiary/aromatic N) is 5. The van der Waals surface area contributed by atoms with Gasteiger partial charge >= 0.3 is 6.18 Å². The average molecular weight is 480 g/mol. The second-order valence-electron chi connectivity index (χ2n) is 7.07. The smallest absolute Gasteiger partial charge is 0.433 e. The molecule has 0 saturated carbocycles. The number of halogens is 4. The van der Waals surface area contributed by atoms with Crippen LogP contribution >= 0.6 is 11.6 Å². The lowest BCUT2D eigenvalue weighted by Crippen LogP contribution is -2.20. The topological polar surface area (TPSA) is 99.1 Å². The van der Waals surface area contributed by atoms with Crippen LogP contribution in [0, 0.1) is 0 Å². The third kappa shape index (κ3) is 4.29. The predicted molar refractivity (Wildman–Crippen MR) is 112 cm³/mol. The van der Waals surface area contributed by atoms with Gasteiger partial charge in [0.15, 0.2) is 17.3 Å². The largest absolute Gasteiger partial charge is 0.495 e. The Morgan fingerprint density at radius 3 is 2.55 bits per heavy atom. The molecule has 0 fully saturated rings. The molecule has 12 heteroatoms. The molecule has 1 aromatic carbocycles. The van der Waals surface area contributed by atoms with E-state index in [1.165, 1.54) is 26.4 Å². The zero-order valence-corrected chi connectivity index (χ0v) is 18.1. The lowest BCUT2D eigenvalue weighted by molar-refractivity contribution is -0.144. The van der Waals surface area contributed by atoms with Crippen LogP contribution in [0.1, 0.15) is 12.6 Å². The van der Waals surface area contributed by atoms with Crippen LogP contribution < -0.4 is 4.74 Å². The van der Waals surface area contributed by atoms with Crippen molar-refractivity contribution in [3.05, 3.63) is 53.6 Å². The van der Waals surface area contributed by atoms with Crippen molar-refractivity contribution in [3.8, 4) is 39.7 Å². The van der Waals surface area contributed by atoms with Crippen LogP contribution in [0.15, 0.2) is 47.4 Å². The minimum Gasteiger partial charge on any atom is -0.495 e. The van der Waals surface area contributed by atoms with Crippen molar-refractivity contribution >= 4 is 11.6 Å². The normalized spacial score (nSPS) is 12.7. The SMILES string of the molecule is COc1cccc(-c2noc(-c3cnn(C[C@@H](C)O)c3C(F)(F)F)c2-c2ncccn2)c1Cl. The molecule has 4 rings (SSSR count). The van der Waals surface area contributed by atoms with Crippen molar-refractivity contribution in [2.75, 3.05) is 7.11 Å². The molecule has 1 N–H and O–H groups in total. The molecule has 3 aromatic heterocycles. The fourth-order valence-electron chi connectivity index (χ4n) is 3.38. The molecule has 33 heavy (non-hydrogen) atoms. The highest BCUT2D eigenvalue weighted by Gasteiger charge is 2.41. The third-order valence-corrected chi connectivity index (χ3v) is 5.10. The Hall–Kier alpha value is -3.44. The predicted octanol–water partition coefficient (Wildman–Crippen LogP) is 4.72. The number of methoxy groups -OCH3 is 1. The molecule has 0 unspecified atom stereocenters. The number of benzene rings is 1. The fourth-order valence-corrected chi connectivity index (χ4v) is 3.68. The minimum atomic E-state index is -4.80. The Bertz CT molecular complexity index is 1270. The van der Waals surface area contributed by atoms with E-state index in [4.69, 9.17) is 20.9 Å². The molecule has 1 atom stereocenters. The lowest BCUT2D eigenvalue weighted by atomic mass is 10.0. The first kappa shape index (κ1) is 22.7. The summed E-state index contributed by atoms with van der Waals surface area (Å²) >= 11 is 6.45. The Kier molecular flexibility index (Phi) is 6.09. The highest BCUT2D eigenvalue weighted by molar-refractivity contribution is 6.35. The van der Waals surface area contributed by atoms with Gasteiger partial charge in [-0.05, 0) is 19.1 Å². The maximum absolute atomic E-state index is 14.0. The Balaban J connectivity index is 2.00. The molecular formula is C21H17ClF3N5O3. The molecule has 0 amide bonds. The van der Waals surface area contributed by atoms with Crippen LogP contribution in [-0.4, -0.2) is 43.2 Å². The lowest BCUT2D eigenvalue weighted by Gasteiger charge is -2.13. The highest BCUT2D eigenvalue weighted by Crippen LogP contribution is 2.45. The molecule has 3 heterocycles. The number of hydrogen-bond acceptors (Lipinski definition) is 7. The van der Waals surface area contributed by atoms with Crippen molar-refractivity contribution in [2.24, 2.45) is 0 Å². The molecule has 8 nitrogen and oxygen atoms in total. The number of ether oxygens (including phenoxy) is 1. The summed E-state index contributed by atoms with van der Waals surface area (Å²) in [4.78, 5) is 8.36. The number of aliphatic hydroxyl groups excluding tert-OH is 1. The maximum atomic E-state index is 14.0. The third-order valence-electron chi connectivity index (χ3n) is 4.71. The van der Waals surface area contributed by atoms with E-state index in [2.05, 4.69) is 20.2 Å². The number of alkyl halides is 3. The van der Waals surface area contributed by atoms with Crippen molar-refractivity contribution in [2.45, 2.75) is 25.7 Å². The highest BCUT2D eigenvalue weighted by atomic mass is 35.5. The van der Waals surface area contributed by atoms with Crippen LogP contribution in [0.25, 0.3) is 34.0 Å². The van der Waals surface area contributed by atoms with Gasteiger partial charge in [0.1, 0.15) is 11.4 Å². The van der Waals surface area contributed by atoms with Gasteiger partial charge in [0, 0.05) is 18.0 Å². The van der Waals surface area contributed by atoms with Crippen LogP contribution in [0.4, 0.5) is 13.2 Å². The minimum absolute atomic E-state index is 0.0824. The molecule has 0 spiro atoms. The van der Waals surface area contributed by atoms with E-state index in [1.54, 1.807) is 24.3 Å². The Morgan fingerprint density at radius 2 is 1.91 bits per heavy atom. The first-order valence-corrected chi connectivity index (χ1v) is 10.0. The molecule has 0 radical (unpaired) electrons. The Morgan fingerprint density at radius 1 is 1.18 bits per heavy atom. The Labute approximate surface area is 190 Å². The molecule has 0 aliphatic carbocycles. The quantitative estimate of drug-likeness (QED) is 0.427. The van der Waals surface area contributed by atoms with Gasteiger partial charge in [-0.3, -0.25) is 4.68 Å². The second kappa shape index (κ2) is 8.83. The van der Waals surface area contributed by atoms with E-state index >= 15 is 0 Å². The van der Waals surface area contributed by atoms with E-state index in [0.717, 1.165) is 6.20 Å². The van der Waals surface area contributed by atoms with Crippen LogP contribution in [0.3, 0.4) is 0 Å². The van der Waals surface area contributed by atoms with Gasteiger partial charge < -0.3 is 14.4 Å². The number of aliphatic hydroxyl groups is 1. The summed E-state index contributed by atoms with van der Waals surface area (Å²) in [5.41, 5.74) is -0.869. The number of aromatic nitrogens is 5. The van der Waals surface area contributed by atoms with Gasteiger partial charge in [0.2, 0.25) is 0 Å². The summed E-state index contributed by atoms with van der Waals surface area (Å²) in [6, 6.07) is 6.48. The van der Waals surface area contributed by atoms with Crippen molar-refractivity contribution in [3.63, 3.8) is 0 Å². The average Bonchev–Trinajstić information content (AvgIpc) is 3.38. The summed E-state index contributed by atoms with van der Waals surface area (Å²) < 4.78 is 53.4. The van der Waals surface area contributed by atoms with E-state index in [-0.39, 0.29) is 40.0 Å². The molecule has 0 bridgehead atoms. The summed E-state index contributed by atoms with van der Waals surface area (Å²) in [5.74, 6) is 0.192. The fraction of sp³-hybridized carbons (Fsp3) is 0.238. The van der Waals surface area contributed by atoms with Gasteiger partial charge in [-0.1, -0.05) is 28.9 Å². The van der Waals surface area contributed by atoms with Gasteiger partial charge in [-0.2, -0.15) is 18.3 Å².